The van der Waals surface area contributed by atoms with Crippen LogP contribution < -0.4 is 9.64 Å². The molecule has 2 heterocycles. The van der Waals surface area contributed by atoms with Crippen LogP contribution in [0.25, 0.3) is 11.5 Å². The van der Waals surface area contributed by atoms with Crippen LogP contribution in [-0.2, 0) is 43.0 Å². The van der Waals surface area contributed by atoms with E-state index in [9.17, 15) is 36.2 Å². The molecule has 1 aliphatic heterocycles. The maximum atomic E-state index is 13.5. The summed E-state index contributed by atoms with van der Waals surface area (Å²) in [6.45, 7) is 2.16. The zero-order valence-corrected chi connectivity index (χ0v) is 23.6. The lowest BCUT2D eigenvalue weighted by molar-refractivity contribution is -0.143. The van der Waals surface area contributed by atoms with Gasteiger partial charge >= 0.3 is 18.3 Å². The Labute approximate surface area is 248 Å². The van der Waals surface area contributed by atoms with Gasteiger partial charge in [-0.05, 0) is 67.3 Å². The van der Waals surface area contributed by atoms with Gasteiger partial charge in [-0.3, -0.25) is 4.79 Å². The van der Waals surface area contributed by atoms with Crippen LogP contribution in [0.3, 0.4) is 0 Å². The molecule has 0 atom stereocenters. The molecule has 0 fully saturated rings. The topological polar surface area (TPSA) is 75.8 Å². The summed E-state index contributed by atoms with van der Waals surface area (Å²) < 4.78 is 93.0. The average Bonchev–Trinajstić information content (AvgIpc) is 3.35. The molecule has 0 saturated heterocycles. The highest BCUT2D eigenvalue weighted by molar-refractivity contribution is 5.67. The number of aromatic nitrogens is 1. The monoisotopic (exact) mass is 618 g/mol. The largest absolute Gasteiger partial charge is 0.493 e. The Bertz CT molecular complexity index is 1610. The van der Waals surface area contributed by atoms with Crippen molar-refractivity contribution in [3.63, 3.8) is 0 Å². The maximum Gasteiger partial charge on any atom is 0.416 e. The molecule has 0 radical (unpaired) electrons. The Morgan fingerprint density at radius 3 is 2.27 bits per heavy atom. The summed E-state index contributed by atoms with van der Waals surface area (Å²) in [6.07, 6.45) is -9.30. The molecular formula is C32H28F6N2O4. The van der Waals surface area contributed by atoms with E-state index in [1.807, 2.05) is 30.3 Å². The van der Waals surface area contributed by atoms with E-state index in [2.05, 4.69) is 4.98 Å². The van der Waals surface area contributed by atoms with Crippen LogP contribution >= 0.6 is 0 Å². The van der Waals surface area contributed by atoms with Crippen LogP contribution in [0, 0.1) is 6.92 Å². The van der Waals surface area contributed by atoms with Crippen LogP contribution in [0.1, 0.15) is 45.7 Å². The number of halogens is 6. The first kappa shape index (κ1) is 31.0. The first-order valence-electron chi connectivity index (χ1n) is 13.8. The van der Waals surface area contributed by atoms with Gasteiger partial charge in [0.2, 0.25) is 5.89 Å². The van der Waals surface area contributed by atoms with Crippen LogP contribution in [0.15, 0.2) is 65.1 Å². The van der Waals surface area contributed by atoms with Crippen LogP contribution in [0.4, 0.5) is 32.0 Å². The Balaban J connectivity index is 1.40. The van der Waals surface area contributed by atoms with Crippen molar-refractivity contribution in [2.45, 2.75) is 51.5 Å². The number of hydrogen-bond acceptors (Lipinski definition) is 5. The summed E-state index contributed by atoms with van der Waals surface area (Å²) >= 11 is 0. The number of oxazole rings is 1. The van der Waals surface area contributed by atoms with E-state index in [1.165, 1.54) is 4.90 Å². The van der Waals surface area contributed by atoms with Gasteiger partial charge < -0.3 is 19.2 Å². The SMILES string of the molecule is Cc1oc(-c2ccccc2)nc1CCOc1ccc(CCC(=O)O)c2c1CCN(c1cc(C(F)(F)F)cc(C(F)(F)F)c1)C2. The Morgan fingerprint density at radius 2 is 1.64 bits per heavy atom. The Kier molecular flexibility index (Phi) is 8.62. The number of carbonyl (C=O) groups is 1. The number of rotatable bonds is 9. The molecule has 1 N–H and O–H groups in total. The van der Waals surface area contributed by atoms with Crippen molar-refractivity contribution in [2.75, 3.05) is 18.1 Å². The second kappa shape index (κ2) is 12.3. The molecule has 6 nitrogen and oxygen atoms in total. The predicted molar refractivity (Wildman–Crippen MR) is 149 cm³/mol. The van der Waals surface area contributed by atoms with Gasteiger partial charge in [-0.2, -0.15) is 26.3 Å². The van der Waals surface area contributed by atoms with E-state index >= 15 is 0 Å². The Morgan fingerprint density at radius 1 is 0.955 bits per heavy atom. The Hall–Kier alpha value is -4.48. The van der Waals surface area contributed by atoms with Crippen LogP contribution in [0.2, 0.25) is 0 Å². The van der Waals surface area contributed by atoms with Gasteiger partial charge in [0.1, 0.15) is 11.5 Å². The van der Waals surface area contributed by atoms with Crippen molar-refractivity contribution >= 4 is 11.7 Å². The minimum atomic E-state index is -4.97. The number of ether oxygens (including phenoxy) is 1. The van der Waals surface area contributed by atoms with Gasteiger partial charge in [0.25, 0.3) is 0 Å². The van der Waals surface area contributed by atoms with Gasteiger partial charge in [0, 0.05) is 42.7 Å². The number of anilines is 1. The van der Waals surface area contributed by atoms with Crippen molar-refractivity contribution in [3.8, 4) is 17.2 Å². The van der Waals surface area contributed by atoms with Gasteiger partial charge in [-0.15, -0.1) is 0 Å². The second-order valence-electron chi connectivity index (χ2n) is 10.5. The van der Waals surface area contributed by atoms with Crippen molar-refractivity contribution < 1.29 is 45.4 Å². The van der Waals surface area contributed by atoms with E-state index in [0.717, 1.165) is 11.1 Å². The minimum Gasteiger partial charge on any atom is -0.493 e. The smallest absolute Gasteiger partial charge is 0.416 e. The van der Waals surface area contributed by atoms with E-state index in [0.29, 0.717) is 52.8 Å². The second-order valence-corrected chi connectivity index (χ2v) is 10.5. The molecule has 44 heavy (non-hydrogen) atoms. The molecule has 0 amide bonds. The zero-order valence-electron chi connectivity index (χ0n) is 23.6. The molecule has 5 rings (SSSR count). The molecule has 3 aromatic carbocycles. The lowest BCUT2D eigenvalue weighted by Gasteiger charge is -2.34. The minimum absolute atomic E-state index is 0.0110. The highest BCUT2D eigenvalue weighted by Crippen LogP contribution is 2.40. The van der Waals surface area contributed by atoms with Crippen molar-refractivity contribution in [3.05, 3.63) is 99.9 Å². The number of aryl methyl sites for hydroxylation is 2. The number of carboxylic acid groups (broad SMARTS) is 1. The summed E-state index contributed by atoms with van der Waals surface area (Å²) in [4.78, 5) is 17.3. The molecule has 12 heteroatoms. The molecule has 1 aromatic heterocycles. The third-order valence-electron chi connectivity index (χ3n) is 7.52. The summed E-state index contributed by atoms with van der Waals surface area (Å²) in [5.41, 5.74) is 0.559. The number of carboxylic acids is 1. The number of benzene rings is 3. The van der Waals surface area contributed by atoms with Crippen molar-refractivity contribution in [1.82, 2.24) is 4.98 Å². The van der Waals surface area contributed by atoms with E-state index in [-0.39, 0.29) is 50.7 Å². The molecule has 0 aliphatic carbocycles. The number of fused-ring (bicyclic) bond motifs is 1. The van der Waals surface area contributed by atoms with Gasteiger partial charge in [-0.25, -0.2) is 4.98 Å². The lowest BCUT2D eigenvalue weighted by atomic mass is 9.91. The zero-order chi connectivity index (χ0) is 31.6. The standard InChI is InChI=1S/C32H28F6N2O4/c1-19-27(39-30(44-19)21-5-3-2-4-6-21)12-14-43-28-9-7-20(8-10-29(41)42)26-18-40(13-11-25(26)28)24-16-22(31(33,34)35)15-23(17-24)32(36,37)38/h2-7,9,15-17H,8,10-14,18H2,1H3,(H,41,42). The first-order valence-corrected chi connectivity index (χ1v) is 13.8. The summed E-state index contributed by atoms with van der Waals surface area (Å²) in [7, 11) is 0. The molecule has 0 unspecified atom stereocenters. The summed E-state index contributed by atoms with van der Waals surface area (Å²) in [5, 5.41) is 9.24. The molecule has 0 saturated carbocycles. The predicted octanol–water partition coefficient (Wildman–Crippen LogP) is 7.89. The third kappa shape index (κ3) is 7.00. The van der Waals surface area contributed by atoms with Gasteiger partial charge in [-0.1, -0.05) is 24.3 Å². The van der Waals surface area contributed by atoms with Crippen LogP contribution in [-0.4, -0.2) is 29.2 Å². The highest BCUT2D eigenvalue weighted by Gasteiger charge is 2.38. The molecule has 0 bridgehead atoms. The normalized spacial score (nSPS) is 13.6. The highest BCUT2D eigenvalue weighted by atomic mass is 19.4. The van der Waals surface area contributed by atoms with Gasteiger partial charge in [0.05, 0.1) is 23.4 Å². The quantitative estimate of drug-likeness (QED) is 0.192. The van der Waals surface area contributed by atoms with E-state index in [4.69, 9.17) is 9.15 Å². The van der Waals surface area contributed by atoms with E-state index < -0.39 is 29.4 Å². The van der Waals surface area contributed by atoms with E-state index in [1.54, 1.807) is 19.1 Å². The fourth-order valence-corrected chi connectivity index (χ4v) is 5.28. The fourth-order valence-electron chi connectivity index (χ4n) is 5.28. The van der Waals surface area contributed by atoms with Crippen molar-refractivity contribution in [1.29, 1.82) is 0 Å². The van der Waals surface area contributed by atoms with Crippen LogP contribution in [0.5, 0.6) is 5.75 Å². The number of aliphatic carboxylic acids is 1. The third-order valence-corrected chi connectivity index (χ3v) is 7.52. The fraction of sp³-hybridized carbons (Fsp3) is 0.312. The van der Waals surface area contributed by atoms with Crippen molar-refractivity contribution in [2.24, 2.45) is 0 Å². The first-order chi connectivity index (χ1) is 20.8. The molecule has 4 aromatic rings. The maximum absolute atomic E-state index is 13.5. The average molecular weight is 619 g/mol. The lowest BCUT2D eigenvalue weighted by Crippen LogP contribution is -2.32. The number of nitrogens with zero attached hydrogens (tertiary/aromatic N) is 2. The summed E-state index contributed by atoms with van der Waals surface area (Å²) in [6, 6.07) is 14.4. The number of alkyl halides is 6. The number of hydrogen-bond donors (Lipinski definition) is 1. The van der Waals surface area contributed by atoms with Gasteiger partial charge in [0.15, 0.2) is 0 Å². The molecular weight excluding hydrogens is 590 g/mol. The molecule has 232 valence electrons. The molecule has 0 spiro atoms. The summed E-state index contributed by atoms with van der Waals surface area (Å²) in [5.74, 6) is 0.621. The molecule has 1 aliphatic rings.